The van der Waals surface area contributed by atoms with Crippen molar-refractivity contribution in [3.05, 3.63) is 127 Å². The Bertz CT molecular complexity index is 1950. The molecule has 0 aliphatic carbocycles. The second-order valence-electron chi connectivity index (χ2n) is 10.4. The molecule has 0 amide bonds. The van der Waals surface area contributed by atoms with E-state index >= 15 is 0 Å². The van der Waals surface area contributed by atoms with Gasteiger partial charge >= 0.3 is 0 Å². The Kier molecular flexibility index (Phi) is 6.58. The lowest BCUT2D eigenvalue weighted by atomic mass is 9.99. The van der Waals surface area contributed by atoms with Crippen LogP contribution in [0.5, 0.6) is 0 Å². The van der Waals surface area contributed by atoms with Gasteiger partial charge in [0, 0.05) is 23.2 Å². The number of hydrogen-bond donors (Lipinski definition) is 0. The Morgan fingerprint density at radius 3 is 1.56 bits per heavy atom. The quantitative estimate of drug-likeness (QED) is 0.206. The van der Waals surface area contributed by atoms with Crippen LogP contribution in [0.3, 0.4) is 0 Å². The summed E-state index contributed by atoms with van der Waals surface area (Å²) in [5.74, 6) is 1.03. The first kappa shape index (κ1) is 24.9. The van der Waals surface area contributed by atoms with Crippen LogP contribution in [0.2, 0.25) is 0 Å². The number of rotatable bonds is 7. The number of benzene rings is 5. The number of imidazole rings is 1. The van der Waals surface area contributed by atoms with E-state index in [1.54, 1.807) is 0 Å². The number of nitrogens with zero attached hydrogens (tertiary/aromatic N) is 4. The summed E-state index contributed by atoms with van der Waals surface area (Å²) in [5.41, 5.74) is 11.4. The minimum absolute atomic E-state index is 0.891. The van der Waals surface area contributed by atoms with Crippen molar-refractivity contribution in [2.24, 2.45) is 0 Å². The fraction of sp³-hybridized carbons (Fsp3) is 0.108. The second kappa shape index (κ2) is 10.8. The largest absolute Gasteiger partial charge is 0.324 e. The standard InChI is InChI=1S/C37H30N4/c1-2-3-25-41-34-16-10-9-15-33(34)40-37(41)30-23-19-27(20-24-30)26-17-21-29(22-18-26)36-35(28-11-5-4-6-12-28)38-31-13-7-8-14-32(31)39-36/h4-24H,2-3,25H2,1H3. The third-order valence-corrected chi connectivity index (χ3v) is 7.64. The van der Waals surface area contributed by atoms with Gasteiger partial charge < -0.3 is 4.57 Å². The van der Waals surface area contributed by atoms with Crippen LogP contribution >= 0.6 is 0 Å². The van der Waals surface area contributed by atoms with E-state index in [2.05, 4.69) is 96.4 Å². The van der Waals surface area contributed by atoms with Gasteiger partial charge in [0.2, 0.25) is 0 Å². The number of unbranched alkanes of at least 4 members (excludes halogenated alkanes) is 1. The van der Waals surface area contributed by atoms with Crippen LogP contribution in [0.25, 0.3) is 67.1 Å². The zero-order valence-corrected chi connectivity index (χ0v) is 23.0. The Labute approximate surface area is 240 Å². The molecule has 2 aromatic heterocycles. The Balaban J connectivity index is 1.23. The maximum Gasteiger partial charge on any atom is 0.141 e. The SMILES string of the molecule is CCCCn1c(-c2ccc(-c3ccc(-c4nc5ccccc5nc4-c4ccccc4)cc3)cc2)nc2ccccc21. The maximum atomic E-state index is 5.04. The van der Waals surface area contributed by atoms with Crippen molar-refractivity contribution >= 4 is 22.1 Å². The molecule has 2 heterocycles. The van der Waals surface area contributed by atoms with E-state index in [0.29, 0.717) is 0 Å². The van der Waals surface area contributed by atoms with Gasteiger partial charge in [-0.3, -0.25) is 0 Å². The molecule has 0 saturated heterocycles. The van der Waals surface area contributed by atoms with Gasteiger partial charge in [0.25, 0.3) is 0 Å². The zero-order valence-electron chi connectivity index (χ0n) is 23.0. The van der Waals surface area contributed by atoms with Crippen LogP contribution in [0, 0.1) is 0 Å². The number of para-hydroxylation sites is 4. The van der Waals surface area contributed by atoms with E-state index in [9.17, 15) is 0 Å². The minimum Gasteiger partial charge on any atom is -0.324 e. The van der Waals surface area contributed by atoms with E-state index < -0.39 is 0 Å². The number of aromatic nitrogens is 4. The van der Waals surface area contributed by atoms with Crippen molar-refractivity contribution in [1.82, 2.24) is 19.5 Å². The molecule has 198 valence electrons. The summed E-state index contributed by atoms with van der Waals surface area (Å²) in [5, 5.41) is 0. The van der Waals surface area contributed by atoms with Crippen LogP contribution in [0.4, 0.5) is 0 Å². The molecule has 0 spiro atoms. The first-order valence-electron chi connectivity index (χ1n) is 14.3. The molecule has 0 unspecified atom stereocenters. The van der Waals surface area contributed by atoms with Crippen LogP contribution in [0.15, 0.2) is 127 Å². The molecule has 7 rings (SSSR count). The summed E-state index contributed by atoms with van der Waals surface area (Å²) in [6.45, 7) is 3.20. The van der Waals surface area contributed by atoms with Gasteiger partial charge in [-0.1, -0.05) is 116 Å². The Morgan fingerprint density at radius 2 is 0.951 bits per heavy atom. The number of hydrogen-bond acceptors (Lipinski definition) is 3. The minimum atomic E-state index is 0.891. The van der Waals surface area contributed by atoms with Gasteiger partial charge in [-0.05, 0) is 41.8 Å². The summed E-state index contributed by atoms with van der Waals surface area (Å²) in [6, 6.07) is 44.2. The normalized spacial score (nSPS) is 11.3. The van der Waals surface area contributed by atoms with Crippen LogP contribution < -0.4 is 0 Å². The lowest BCUT2D eigenvalue weighted by molar-refractivity contribution is 0.651. The van der Waals surface area contributed by atoms with Gasteiger partial charge in [0.1, 0.15) is 5.82 Å². The van der Waals surface area contributed by atoms with Crippen molar-refractivity contribution in [3.63, 3.8) is 0 Å². The third-order valence-electron chi connectivity index (χ3n) is 7.64. The summed E-state index contributed by atoms with van der Waals surface area (Å²) in [4.78, 5) is 15.0. The maximum absolute atomic E-state index is 5.04. The molecule has 0 fully saturated rings. The molecule has 4 heteroatoms. The van der Waals surface area contributed by atoms with Gasteiger partial charge in [-0.15, -0.1) is 0 Å². The fourth-order valence-electron chi connectivity index (χ4n) is 5.47. The molecule has 0 N–H and O–H groups in total. The fourth-order valence-corrected chi connectivity index (χ4v) is 5.47. The van der Waals surface area contributed by atoms with Gasteiger partial charge in [-0.2, -0.15) is 0 Å². The second-order valence-corrected chi connectivity index (χ2v) is 10.4. The molecular weight excluding hydrogens is 500 g/mol. The highest BCUT2D eigenvalue weighted by molar-refractivity contribution is 5.87. The van der Waals surface area contributed by atoms with E-state index in [-0.39, 0.29) is 0 Å². The molecule has 0 aliphatic rings. The number of aryl methyl sites for hydroxylation is 1. The monoisotopic (exact) mass is 530 g/mol. The molecule has 41 heavy (non-hydrogen) atoms. The van der Waals surface area contributed by atoms with Crippen molar-refractivity contribution in [2.75, 3.05) is 0 Å². The summed E-state index contributed by atoms with van der Waals surface area (Å²) >= 11 is 0. The predicted octanol–water partition coefficient (Wildman–Crippen LogP) is 9.45. The van der Waals surface area contributed by atoms with Crippen molar-refractivity contribution in [2.45, 2.75) is 26.3 Å². The topological polar surface area (TPSA) is 43.6 Å². The third kappa shape index (κ3) is 4.78. The summed E-state index contributed by atoms with van der Waals surface area (Å²) in [7, 11) is 0. The van der Waals surface area contributed by atoms with Crippen LogP contribution in [-0.2, 0) is 6.54 Å². The van der Waals surface area contributed by atoms with Gasteiger partial charge in [-0.25, -0.2) is 15.0 Å². The van der Waals surface area contributed by atoms with Gasteiger partial charge in [0.15, 0.2) is 0 Å². The Morgan fingerprint density at radius 1 is 0.463 bits per heavy atom. The summed E-state index contributed by atoms with van der Waals surface area (Å²) < 4.78 is 2.36. The van der Waals surface area contributed by atoms with E-state index in [0.717, 1.165) is 75.4 Å². The molecule has 0 radical (unpaired) electrons. The molecule has 5 aromatic carbocycles. The molecule has 0 bridgehead atoms. The van der Waals surface area contributed by atoms with Crippen LogP contribution in [0.1, 0.15) is 19.8 Å². The summed E-state index contributed by atoms with van der Waals surface area (Å²) in [6.07, 6.45) is 2.28. The van der Waals surface area contributed by atoms with Crippen molar-refractivity contribution < 1.29 is 0 Å². The smallest absolute Gasteiger partial charge is 0.141 e. The Hall–Kier alpha value is -5.09. The first-order chi connectivity index (χ1) is 20.3. The molecule has 0 atom stereocenters. The average Bonchev–Trinajstić information content (AvgIpc) is 3.42. The lowest BCUT2D eigenvalue weighted by Gasteiger charge is -2.12. The van der Waals surface area contributed by atoms with Crippen LogP contribution in [-0.4, -0.2) is 19.5 Å². The van der Waals surface area contributed by atoms with Gasteiger partial charge in [0.05, 0.1) is 33.5 Å². The molecule has 4 nitrogen and oxygen atoms in total. The zero-order chi connectivity index (χ0) is 27.6. The molecule has 7 aromatic rings. The van der Waals surface area contributed by atoms with Crippen molar-refractivity contribution in [3.8, 4) is 45.0 Å². The molecule has 0 aliphatic heterocycles. The van der Waals surface area contributed by atoms with E-state index in [4.69, 9.17) is 15.0 Å². The van der Waals surface area contributed by atoms with E-state index in [1.807, 2.05) is 42.5 Å². The van der Waals surface area contributed by atoms with Crippen molar-refractivity contribution in [1.29, 1.82) is 0 Å². The molecular formula is C37H30N4. The highest BCUT2D eigenvalue weighted by atomic mass is 15.1. The van der Waals surface area contributed by atoms with E-state index in [1.165, 1.54) is 11.1 Å². The number of fused-ring (bicyclic) bond motifs is 2. The molecule has 0 saturated carbocycles. The predicted molar refractivity (Wildman–Crippen MR) is 169 cm³/mol. The first-order valence-corrected chi connectivity index (χ1v) is 14.3. The highest BCUT2D eigenvalue weighted by Gasteiger charge is 2.15. The highest BCUT2D eigenvalue weighted by Crippen LogP contribution is 2.33. The lowest BCUT2D eigenvalue weighted by Crippen LogP contribution is -2.00. The average molecular weight is 531 g/mol.